The van der Waals surface area contributed by atoms with Crippen LogP contribution in [0.15, 0.2) is 28.7 Å². The number of aryl methyl sites for hydroxylation is 1. The third-order valence-electron chi connectivity index (χ3n) is 3.61. The molecule has 4 heteroatoms. The molecular formula is C16H20BrNO2. The summed E-state index contributed by atoms with van der Waals surface area (Å²) in [6.07, 6.45) is 6.46. The lowest BCUT2D eigenvalue weighted by molar-refractivity contribution is -0.117. The lowest BCUT2D eigenvalue weighted by Crippen LogP contribution is -2.37. The molecule has 0 radical (unpaired) electrons. The van der Waals surface area contributed by atoms with Crippen molar-refractivity contribution in [1.29, 1.82) is 0 Å². The Kier molecular flexibility index (Phi) is 5.38. The van der Waals surface area contributed by atoms with Crippen LogP contribution in [0.25, 0.3) is 6.08 Å². The van der Waals surface area contributed by atoms with Gasteiger partial charge in [-0.1, -0.05) is 28.1 Å². The monoisotopic (exact) mass is 337 g/mol. The molecule has 0 bridgehead atoms. The van der Waals surface area contributed by atoms with E-state index >= 15 is 0 Å². The molecule has 2 N–H and O–H groups in total. The maximum Gasteiger partial charge on any atom is 0.244 e. The van der Waals surface area contributed by atoms with E-state index in [0.717, 1.165) is 35.7 Å². The Morgan fingerprint density at radius 2 is 2.05 bits per heavy atom. The summed E-state index contributed by atoms with van der Waals surface area (Å²) in [6.45, 7) is 2.03. The van der Waals surface area contributed by atoms with Crippen LogP contribution in [-0.4, -0.2) is 23.2 Å². The van der Waals surface area contributed by atoms with Gasteiger partial charge < -0.3 is 10.4 Å². The molecule has 1 fully saturated rings. The SMILES string of the molecule is Cc1ccc(/C=C/C(=O)NC2CCC(O)CC2)c(Br)c1. The number of rotatable bonds is 3. The van der Waals surface area contributed by atoms with Crippen molar-refractivity contribution in [3.63, 3.8) is 0 Å². The van der Waals surface area contributed by atoms with Crippen molar-refractivity contribution in [3.8, 4) is 0 Å². The van der Waals surface area contributed by atoms with E-state index in [2.05, 4.69) is 21.2 Å². The summed E-state index contributed by atoms with van der Waals surface area (Å²) in [6, 6.07) is 6.22. The van der Waals surface area contributed by atoms with Crippen LogP contribution in [-0.2, 0) is 4.79 Å². The van der Waals surface area contributed by atoms with Crippen LogP contribution in [0.4, 0.5) is 0 Å². The van der Waals surface area contributed by atoms with Crippen molar-refractivity contribution in [3.05, 3.63) is 39.9 Å². The first-order chi connectivity index (χ1) is 9.54. The van der Waals surface area contributed by atoms with Gasteiger partial charge in [0.05, 0.1) is 6.10 Å². The molecule has 1 saturated carbocycles. The zero-order chi connectivity index (χ0) is 14.5. The first-order valence-corrected chi connectivity index (χ1v) is 7.76. The second kappa shape index (κ2) is 7.04. The average molecular weight is 338 g/mol. The maximum absolute atomic E-state index is 11.9. The molecule has 0 aliphatic heterocycles. The highest BCUT2D eigenvalue weighted by molar-refractivity contribution is 9.10. The zero-order valence-electron chi connectivity index (χ0n) is 11.6. The molecule has 0 aromatic heterocycles. The molecule has 0 saturated heterocycles. The number of halogens is 1. The molecule has 2 rings (SSSR count). The molecule has 0 spiro atoms. The smallest absolute Gasteiger partial charge is 0.244 e. The van der Waals surface area contributed by atoms with Crippen LogP contribution in [0.3, 0.4) is 0 Å². The second-order valence-electron chi connectivity index (χ2n) is 5.37. The van der Waals surface area contributed by atoms with E-state index in [-0.39, 0.29) is 18.1 Å². The van der Waals surface area contributed by atoms with E-state index in [1.165, 1.54) is 5.56 Å². The summed E-state index contributed by atoms with van der Waals surface area (Å²) in [5.41, 5.74) is 2.17. The predicted octanol–water partition coefficient (Wildman–Crippen LogP) is 3.19. The largest absolute Gasteiger partial charge is 0.393 e. The van der Waals surface area contributed by atoms with Crippen molar-refractivity contribution < 1.29 is 9.90 Å². The Labute approximate surface area is 128 Å². The lowest BCUT2D eigenvalue weighted by Gasteiger charge is -2.25. The molecule has 1 aromatic rings. The number of carbonyl (C=O) groups is 1. The fourth-order valence-electron chi connectivity index (χ4n) is 2.40. The molecule has 1 amide bonds. The van der Waals surface area contributed by atoms with Gasteiger partial charge in [0, 0.05) is 16.6 Å². The zero-order valence-corrected chi connectivity index (χ0v) is 13.2. The van der Waals surface area contributed by atoms with Crippen LogP contribution >= 0.6 is 15.9 Å². The fraction of sp³-hybridized carbons (Fsp3) is 0.438. The summed E-state index contributed by atoms with van der Waals surface area (Å²) >= 11 is 3.49. The number of carbonyl (C=O) groups excluding carboxylic acids is 1. The summed E-state index contributed by atoms with van der Waals surface area (Å²) in [5.74, 6) is -0.0705. The average Bonchev–Trinajstić information content (AvgIpc) is 2.40. The molecule has 20 heavy (non-hydrogen) atoms. The highest BCUT2D eigenvalue weighted by Gasteiger charge is 2.19. The predicted molar refractivity (Wildman–Crippen MR) is 84.3 cm³/mol. The Hall–Kier alpha value is -1.13. The van der Waals surface area contributed by atoms with Crippen molar-refractivity contribution in [1.82, 2.24) is 5.32 Å². The number of benzene rings is 1. The molecule has 108 valence electrons. The van der Waals surface area contributed by atoms with E-state index in [0.29, 0.717) is 0 Å². The maximum atomic E-state index is 11.9. The first kappa shape index (κ1) is 15.3. The third-order valence-corrected chi connectivity index (χ3v) is 4.30. The van der Waals surface area contributed by atoms with E-state index in [1.807, 2.05) is 31.2 Å². The highest BCUT2D eigenvalue weighted by Crippen LogP contribution is 2.20. The van der Waals surface area contributed by atoms with E-state index in [1.54, 1.807) is 6.08 Å². The number of amides is 1. The van der Waals surface area contributed by atoms with E-state index in [9.17, 15) is 9.90 Å². The summed E-state index contributed by atoms with van der Waals surface area (Å²) in [5, 5.41) is 12.4. The Bertz CT molecular complexity index is 505. The topological polar surface area (TPSA) is 49.3 Å². The normalized spacial score (nSPS) is 22.9. The van der Waals surface area contributed by atoms with Gasteiger partial charge in [-0.2, -0.15) is 0 Å². The van der Waals surface area contributed by atoms with Crippen molar-refractivity contribution in [2.24, 2.45) is 0 Å². The van der Waals surface area contributed by atoms with Gasteiger partial charge in [0.2, 0.25) is 5.91 Å². The van der Waals surface area contributed by atoms with Crippen LogP contribution in [0.2, 0.25) is 0 Å². The van der Waals surface area contributed by atoms with Gasteiger partial charge in [0.25, 0.3) is 0 Å². The van der Waals surface area contributed by atoms with Gasteiger partial charge in [0.1, 0.15) is 0 Å². The number of aliphatic hydroxyl groups is 1. The molecule has 1 aliphatic rings. The molecule has 0 unspecified atom stereocenters. The Morgan fingerprint density at radius 1 is 1.35 bits per heavy atom. The van der Waals surface area contributed by atoms with Crippen molar-refractivity contribution in [2.45, 2.75) is 44.8 Å². The molecule has 0 atom stereocenters. The number of aliphatic hydroxyl groups excluding tert-OH is 1. The Morgan fingerprint density at radius 3 is 2.70 bits per heavy atom. The molecule has 1 aliphatic carbocycles. The van der Waals surface area contributed by atoms with Crippen LogP contribution in [0.1, 0.15) is 36.8 Å². The Balaban J connectivity index is 1.89. The molecule has 1 aromatic carbocycles. The van der Waals surface area contributed by atoms with Gasteiger partial charge in [-0.25, -0.2) is 0 Å². The van der Waals surface area contributed by atoms with Crippen LogP contribution in [0.5, 0.6) is 0 Å². The van der Waals surface area contributed by atoms with Gasteiger partial charge >= 0.3 is 0 Å². The molecule has 3 nitrogen and oxygen atoms in total. The minimum atomic E-state index is -0.192. The quantitative estimate of drug-likeness (QED) is 0.832. The molecular weight excluding hydrogens is 318 g/mol. The number of nitrogens with one attached hydrogen (secondary N) is 1. The van der Waals surface area contributed by atoms with Gasteiger partial charge in [-0.3, -0.25) is 4.79 Å². The van der Waals surface area contributed by atoms with Gasteiger partial charge in [-0.05, 0) is 55.9 Å². The summed E-state index contributed by atoms with van der Waals surface area (Å²) in [4.78, 5) is 11.9. The minimum absolute atomic E-state index is 0.0705. The summed E-state index contributed by atoms with van der Waals surface area (Å²) < 4.78 is 0.988. The highest BCUT2D eigenvalue weighted by atomic mass is 79.9. The van der Waals surface area contributed by atoms with Crippen molar-refractivity contribution >= 4 is 27.9 Å². The first-order valence-electron chi connectivity index (χ1n) is 6.97. The van der Waals surface area contributed by atoms with Gasteiger partial charge in [0.15, 0.2) is 0 Å². The van der Waals surface area contributed by atoms with Crippen LogP contribution < -0.4 is 5.32 Å². The molecule has 0 heterocycles. The second-order valence-corrected chi connectivity index (χ2v) is 6.23. The van der Waals surface area contributed by atoms with Crippen molar-refractivity contribution in [2.75, 3.05) is 0 Å². The lowest BCUT2D eigenvalue weighted by atomic mass is 9.93. The van der Waals surface area contributed by atoms with Gasteiger partial charge in [-0.15, -0.1) is 0 Å². The number of hydrogen-bond donors (Lipinski definition) is 2. The van der Waals surface area contributed by atoms with E-state index < -0.39 is 0 Å². The van der Waals surface area contributed by atoms with Crippen LogP contribution in [0, 0.1) is 6.92 Å². The fourth-order valence-corrected chi connectivity index (χ4v) is 3.03. The standard InChI is InChI=1S/C16H20BrNO2/c1-11-2-3-12(15(17)10-11)4-9-16(20)18-13-5-7-14(19)8-6-13/h2-4,9-10,13-14,19H,5-8H2,1H3,(H,18,20)/b9-4+. The number of hydrogen-bond acceptors (Lipinski definition) is 2. The minimum Gasteiger partial charge on any atom is -0.393 e. The third kappa shape index (κ3) is 4.46. The summed E-state index contributed by atoms with van der Waals surface area (Å²) in [7, 11) is 0. The van der Waals surface area contributed by atoms with E-state index in [4.69, 9.17) is 0 Å².